The fourth-order valence-corrected chi connectivity index (χ4v) is 2.37. The number of nitrogens with zero attached hydrogens (tertiary/aromatic N) is 1. The van der Waals surface area contributed by atoms with Gasteiger partial charge in [0, 0.05) is 18.9 Å². The van der Waals surface area contributed by atoms with Crippen LogP contribution in [-0.2, 0) is 9.59 Å². The Hall–Kier alpha value is -0.860. The van der Waals surface area contributed by atoms with Gasteiger partial charge in [0.15, 0.2) is 0 Å². The molecule has 1 aliphatic heterocycles. The maximum Gasteiger partial charge on any atom is 0.233 e. The molecular formula is C15H27NO2. The average Bonchev–Trinajstić information content (AvgIpc) is 2.56. The summed E-state index contributed by atoms with van der Waals surface area (Å²) in [7, 11) is 0. The lowest BCUT2D eigenvalue weighted by Crippen LogP contribution is -2.32. The first-order valence-electron chi connectivity index (χ1n) is 7.18. The number of rotatable bonds is 6. The smallest absolute Gasteiger partial charge is 0.233 e. The van der Waals surface area contributed by atoms with Crippen LogP contribution in [0, 0.1) is 23.7 Å². The van der Waals surface area contributed by atoms with E-state index in [9.17, 15) is 9.59 Å². The van der Waals surface area contributed by atoms with Crippen molar-refractivity contribution >= 4 is 11.8 Å². The van der Waals surface area contributed by atoms with Crippen LogP contribution < -0.4 is 0 Å². The Morgan fingerprint density at radius 1 is 1.17 bits per heavy atom. The molecule has 3 heteroatoms. The maximum absolute atomic E-state index is 12.1. The fraction of sp³-hybridized carbons (Fsp3) is 0.867. The molecular weight excluding hydrogens is 226 g/mol. The van der Waals surface area contributed by atoms with Gasteiger partial charge in [0.2, 0.25) is 11.8 Å². The van der Waals surface area contributed by atoms with Crippen LogP contribution in [0.5, 0.6) is 0 Å². The average molecular weight is 253 g/mol. The standard InChI is InChI=1S/C15H27NO2/c1-10(2)12(5)7-6-8-16-14(17)9-13(11(3)4)15(16)18/h10-13H,6-9H2,1-5H3. The summed E-state index contributed by atoms with van der Waals surface area (Å²) in [5, 5.41) is 0. The summed E-state index contributed by atoms with van der Waals surface area (Å²) < 4.78 is 0. The van der Waals surface area contributed by atoms with Gasteiger partial charge >= 0.3 is 0 Å². The van der Waals surface area contributed by atoms with E-state index >= 15 is 0 Å². The fourth-order valence-electron chi connectivity index (χ4n) is 2.37. The highest BCUT2D eigenvalue weighted by molar-refractivity contribution is 6.03. The van der Waals surface area contributed by atoms with Gasteiger partial charge < -0.3 is 0 Å². The number of imide groups is 1. The Labute approximate surface area is 111 Å². The lowest BCUT2D eigenvalue weighted by molar-refractivity contribution is -0.139. The van der Waals surface area contributed by atoms with Crippen LogP contribution in [0.4, 0.5) is 0 Å². The van der Waals surface area contributed by atoms with Crippen LogP contribution in [0.3, 0.4) is 0 Å². The van der Waals surface area contributed by atoms with Gasteiger partial charge in [-0.15, -0.1) is 0 Å². The van der Waals surface area contributed by atoms with Gasteiger partial charge in [-0.2, -0.15) is 0 Å². The number of likely N-dealkylation sites (tertiary alicyclic amines) is 1. The van der Waals surface area contributed by atoms with Gasteiger partial charge in [-0.05, 0) is 30.6 Å². The van der Waals surface area contributed by atoms with Gasteiger partial charge in [0.1, 0.15) is 0 Å². The van der Waals surface area contributed by atoms with Crippen molar-refractivity contribution in [3.8, 4) is 0 Å². The molecule has 1 fully saturated rings. The lowest BCUT2D eigenvalue weighted by Gasteiger charge is -2.19. The molecule has 0 saturated carbocycles. The van der Waals surface area contributed by atoms with Crippen molar-refractivity contribution < 1.29 is 9.59 Å². The molecule has 3 nitrogen and oxygen atoms in total. The molecule has 0 bridgehead atoms. The molecule has 2 unspecified atom stereocenters. The lowest BCUT2D eigenvalue weighted by atomic mass is 9.93. The number of carbonyl (C=O) groups excluding carboxylic acids is 2. The van der Waals surface area contributed by atoms with Crippen molar-refractivity contribution in [3.05, 3.63) is 0 Å². The molecule has 0 N–H and O–H groups in total. The molecule has 0 radical (unpaired) electrons. The highest BCUT2D eigenvalue weighted by Crippen LogP contribution is 2.27. The van der Waals surface area contributed by atoms with Crippen molar-refractivity contribution in [1.29, 1.82) is 0 Å². The van der Waals surface area contributed by atoms with Crippen molar-refractivity contribution in [2.45, 2.75) is 53.9 Å². The van der Waals surface area contributed by atoms with Gasteiger partial charge in [0.25, 0.3) is 0 Å². The quantitative estimate of drug-likeness (QED) is 0.682. The second-order valence-corrected chi connectivity index (χ2v) is 6.30. The molecule has 18 heavy (non-hydrogen) atoms. The Balaban J connectivity index is 2.43. The van der Waals surface area contributed by atoms with Crippen molar-refractivity contribution in [2.75, 3.05) is 6.54 Å². The molecule has 1 rings (SSSR count). The summed E-state index contributed by atoms with van der Waals surface area (Å²) >= 11 is 0. The van der Waals surface area contributed by atoms with Gasteiger partial charge in [-0.25, -0.2) is 0 Å². The molecule has 2 atom stereocenters. The third kappa shape index (κ3) is 3.56. The molecule has 1 saturated heterocycles. The van der Waals surface area contributed by atoms with E-state index in [1.807, 2.05) is 13.8 Å². The summed E-state index contributed by atoms with van der Waals surface area (Å²) in [6.07, 6.45) is 2.43. The minimum Gasteiger partial charge on any atom is -0.282 e. The zero-order valence-electron chi connectivity index (χ0n) is 12.4. The van der Waals surface area contributed by atoms with E-state index in [0.717, 1.165) is 12.8 Å². The van der Waals surface area contributed by atoms with Crippen LogP contribution in [0.2, 0.25) is 0 Å². The molecule has 2 amide bonds. The normalized spacial score (nSPS) is 22.4. The molecule has 1 aliphatic rings. The van der Waals surface area contributed by atoms with Crippen molar-refractivity contribution in [3.63, 3.8) is 0 Å². The Bertz CT molecular complexity index is 310. The molecule has 0 aliphatic carbocycles. The van der Waals surface area contributed by atoms with Crippen LogP contribution in [-0.4, -0.2) is 23.3 Å². The number of carbonyl (C=O) groups is 2. The predicted molar refractivity (Wildman–Crippen MR) is 72.9 cm³/mol. The number of hydrogen-bond acceptors (Lipinski definition) is 2. The Morgan fingerprint density at radius 3 is 2.22 bits per heavy atom. The zero-order chi connectivity index (χ0) is 13.9. The largest absolute Gasteiger partial charge is 0.282 e. The van der Waals surface area contributed by atoms with E-state index in [4.69, 9.17) is 0 Å². The third-order valence-electron chi connectivity index (χ3n) is 4.26. The minimum absolute atomic E-state index is 0.0240. The summed E-state index contributed by atoms with van der Waals surface area (Å²) in [5.74, 6) is 1.57. The molecule has 104 valence electrons. The van der Waals surface area contributed by atoms with Crippen LogP contribution in [0.1, 0.15) is 53.9 Å². The van der Waals surface area contributed by atoms with E-state index in [2.05, 4.69) is 20.8 Å². The first kappa shape index (κ1) is 15.2. The topological polar surface area (TPSA) is 37.4 Å². The van der Waals surface area contributed by atoms with Crippen LogP contribution in [0.25, 0.3) is 0 Å². The molecule has 0 aromatic carbocycles. The van der Waals surface area contributed by atoms with E-state index < -0.39 is 0 Å². The first-order valence-corrected chi connectivity index (χ1v) is 7.18. The highest BCUT2D eigenvalue weighted by atomic mass is 16.2. The monoisotopic (exact) mass is 253 g/mol. The second kappa shape index (κ2) is 6.35. The summed E-state index contributed by atoms with van der Waals surface area (Å²) in [5.41, 5.74) is 0. The van der Waals surface area contributed by atoms with Gasteiger partial charge in [-0.3, -0.25) is 14.5 Å². The zero-order valence-corrected chi connectivity index (χ0v) is 12.4. The van der Waals surface area contributed by atoms with Crippen molar-refractivity contribution in [1.82, 2.24) is 4.90 Å². The van der Waals surface area contributed by atoms with E-state index in [0.29, 0.717) is 24.8 Å². The van der Waals surface area contributed by atoms with Crippen LogP contribution >= 0.6 is 0 Å². The Morgan fingerprint density at radius 2 is 1.78 bits per heavy atom. The van der Waals surface area contributed by atoms with E-state index in [1.165, 1.54) is 4.90 Å². The second-order valence-electron chi connectivity index (χ2n) is 6.30. The molecule has 0 aromatic heterocycles. The summed E-state index contributed by atoms with van der Waals surface area (Å²) in [6, 6.07) is 0. The Kier molecular flexibility index (Phi) is 5.36. The SMILES string of the molecule is CC(C)C(C)CCCN1C(=O)CC(C(C)C)C1=O. The van der Waals surface area contributed by atoms with Gasteiger partial charge in [-0.1, -0.05) is 34.6 Å². The van der Waals surface area contributed by atoms with Gasteiger partial charge in [0.05, 0.1) is 0 Å². The van der Waals surface area contributed by atoms with Crippen molar-refractivity contribution in [2.24, 2.45) is 23.7 Å². The maximum atomic E-state index is 12.1. The molecule has 0 aromatic rings. The number of amides is 2. The number of hydrogen-bond donors (Lipinski definition) is 0. The summed E-state index contributed by atoms with van der Waals surface area (Å²) in [4.78, 5) is 25.4. The third-order valence-corrected chi connectivity index (χ3v) is 4.26. The molecule has 1 heterocycles. The van der Waals surface area contributed by atoms with Crippen LogP contribution in [0.15, 0.2) is 0 Å². The minimum atomic E-state index is -0.0833. The summed E-state index contributed by atoms with van der Waals surface area (Å²) in [6.45, 7) is 11.3. The predicted octanol–water partition coefficient (Wildman–Crippen LogP) is 3.09. The molecule has 0 spiro atoms. The van der Waals surface area contributed by atoms with E-state index in [1.54, 1.807) is 0 Å². The highest BCUT2D eigenvalue weighted by Gasteiger charge is 2.39. The van der Waals surface area contributed by atoms with E-state index in [-0.39, 0.29) is 23.7 Å². The first-order chi connectivity index (χ1) is 8.34.